The number of carbonyl (C=O) groups is 1. The third-order valence-electron chi connectivity index (χ3n) is 4.00. The number of fused-ring (bicyclic) bond motifs is 1. The zero-order chi connectivity index (χ0) is 16.5. The first-order chi connectivity index (χ1) is 11.7. The number of anilines is 1. The number of halogens is 1. The van der Waals surface area contributed by atoms with Gasteiger partial charge in [-0.3, -0.25) is 4.79 Å². The molecule has 0 bridgehead atoms. The standard InChI is InChI=1S/C18H15FN4O/c19-13-2-5-16(6-3-13)23-8-7-15(22-23)11-20-14-4-1-12-10-21-18(24)17(12)9-14/h1-9,20H,10-11H2,(H,21,24). The highest BCUT2D eigenvalue weighted by atomic mass is 19.1. The van der Waals surface area contributed by atoms with Crippen LogP contribution in [0.3, 0.4) is 0 Å². The molecule has 0 atom stereocenters. The highest BCUT2D eigenvalue weighted by Crippen LogP contribution is 2.20. The smallest absolute Gasteiger partial charge is 0.251 e. The van der Waals surface area contributed by atoms with E-state index in [4.69, 9.17) is 0 Å². The van der Waals surface area contributed by atoms with Crippen molar-refractivity contribution in [3.05, 3.63) is 77.4 Å². The number of aromatic nitrogens is 2. The minimum atomic E-state index is -0.270. The SMILES string of the molecule is O=C1NCc2ccc(NCc3ccn(-c4ccc(F)cc4)n3)cc21. The molecule has 1 amide bonds. The first-order valence-corrected chi connectivity index (χ1v) is 7.64. The van der Waals surface area contributed by atoms with Crippen molar-refractivity contribution in [3.63, 3.8) is 0 Å². The fraction of sp³-hybridized carbons (Fsp3) is 0.111. The Morgan fingerprint density at radius 3 is 2.83 bits per heavy atom. The molecule has 0 unspecified atom stereocenters. The van der Waals surface area contributed by atoms with Crippen LogP contribution in [-0.2, 0) is 13.1 Å². The van der Waals surface area contributed by atoms with Crippen molar-refractivity contribution in [1.29, 1.82) is 0 Å². The molecule has 2 heterocycles. The molecule has 2 N–H and O–H groups in total. The highest BCUT2D eigenvalue weighted by Gasteiger charge is 2.18. The zero-order valence-electron chi connectivity index (χ0n) is 12.8. The molecule has 1 aliphatic heterocycles. The molecule has 1 aromatic heterocycles. The van der Waals surface area contributed by atoms with Crippen LogP contribution < -0.4 is 10.6 Å². The molecule has 0 saturated carbocycles. The van der Waals surface area contributed by atoms with E-state index in [9.17, 15) is 9.18 Å². The summed E-state index contributed by atoms with van der Waals surface area (Å²) in [5, 5.41) is 10.5. The van der Waals surface area contributed by atoms with Gasteiger partial charge in [0.1, 0.15) is 5.82 Å². The van der Waals surface area contributed by atoms with Gasteiger partial charge in [0, 0.05) is 24.0 Å². The Bertz CT molecular complexity index is 902. The van der Waals surface area contributed by atoms with Gasteiger partial charge < -0.3 is 10.6 Å². The summed E-state index contributed by atoms with van der Waals surface area (Å²) in [5.74, 6) is -0.303. The molecule has 3 aromatic rings. The number of benzene rings is 2. The molecular formula is C18H15FN4O. The van der Waals surface area contributed by atoms with Crippen LogP contribution in [0.2, 0.25) is 0 Å². The lowest BCUT2D eigenvalue weighted by molar-refractivity contribution is 0.0966. The van der Waals surface area contributed by atoms with E-state index in [1.807, 2.05) is 30.5 Å². The average Bonchev–Trinajstić information content (AvgIpc) is 3.21. The third-order valence-corrected chi connectivity index (χ3v) is 4.00. The molecule has 24 heavy (non-hydrogen) atoms. The summed E-state index contributed by atoms with van der Waals surface area (Å²) in [4.78, 5) is 11.7. The van der Waals surface area contributed by atoms with Crippen LogP contribution in [0.25, 0.3) is 5.69 Å². The van der Waals surface area contributed by atoms with E-state index in [1.54, 1.807) is 16.8 Å². The van der Waals surface area contributed by atoms with E-state index in [0.29, 0.717) is 13.1 Å². The summed E-state index contributed by atoms with van der Waals surface area (Å²) in [6.07, 6.45) is 1.83. The van der Waals surface area contributed by atoms with E-state index < -0.39 is 0 Å². The van der Waals surface area contributed by atoms with Crippen LogP contribution in [0.15, 0.2) is 54.7 Å². The van der Waals surface area contributed by atoms with Crippen molar-refractivity contribution >= 4 is 11.6 Å². The first-order valence-electron chi connectivity index (χ1n) is 7.64. The number of carbonyl (C=O) groups excluding carboxylic acids is 1. The Kier molecular flexibility index (Phi) is 3.49. The molecule has 0 saturated heterocycles. The summed E-state index contributed by atoms with van der Waals surface area (Å²) < 4.78 is 14.7. The van der Waals surface area contributed by atoms with Crippen molar-refractivity contribution in [2.75, 3.05) is 5.32 Å². The maximum Gasteiger partial charge on any atom is 0.251 e. The van der Waals surface area contributed by atoms with Gasteiger partial charge in [0.15, 0.2) is 0 Å². The maximum atomic E-state index is 13.0. The summed E-state index contributed by atoms with van der Waals surface area (Å²) in [6.45, 7) is 1.13. The second-order valence-corrected chi connectivity index (χ2v) is 5.64. The van der Waals surface area contributed by atoms with Gasteiger partial charge in [0.25, 0.3) is 5.91 Å². The molecule has 4 rings (SSSR count). The molecule has 0 radical (unpaired) electrons. The second kappa shape index (κ2) is 5.81. The second-order valence-electron chi connectivity index (χ2n) is 5.64. The van der Waals surface area contributed by atoms with Gasteiger partial charge >= 0.3 is 0 Å². The van der Waals surface area contributed by atoms with E-state index >= 15 is 0 Å². The van der Waals surface area contributed by atoms with Gasteiger partial charge in [0.05, 0.1) is 17.9 Å². The summed E-state index contributed by atoms with van der Waals surface area (Å²) in [7, 11) is 0. The topological polar surface area (TPSA) is 59.0 Å². The predicted octanol–water partition coefficient (Wildman–Crippen LogP) is 2.87. The maximum absolute atomic E-state index is 13.0. The minimum absolute atomic E-state index is 0.0331. The summed E-state index contributed by atoms with van der Waals surface area (Å²) in [5.41, 5.74) is 4.27. The molecule has 120 valence electrons. The molecule has 0 spiro atoms. The monoisotopic (exact) mass is 322 g/mol. The molecular weight excluding hydrogens is 307 g/mol. The third kappa shape index (κ3) is 2.74. The molecule has 0 fully saturated rings. The van der Waals surface area contributed by atoms with Crippen molar-refractivity contribution < 1.29 is 9.18 Å². The van der Waals surface area contributed by atoms with Gasteiger partial charge in [-0.15, -0.1) is 0 Å². The van der Waals surface area contributed by atoms with Gasteiger partial charge in [-0.1, -0.05) is 6.07 Å². The Labute approximate surface area is 138 Å². The molecule has 0 aliphatic carbocycles. The largest absolute Gasteiger partial charge is 0.379 e. The van der Waals surface area contributed by atoms with Gasteiger partial charge in [0.2, 0.25) is 0 Å². The molecule has 1 aliphatic rings. The number of amides is 1. The Balaban J connectivity index is 1.46. The van der Waals surface area contributed by atoms with Crippen LogP contribution in [0.5, 0.6) is 0 Å². The lowest BCUT2D eigenvalue weighted by atomic mass is 10.1. The van der Waals surface area contributed by atoms with Gasteiger partial charge in [-0.05, 0) is 48.0 Å². The van der Waals surface area contributed by atoms with Crippen LogP contribution in [0, 0.1) is 5.82 Å². The first kappa shape index (κ1) is 14.4. The fourth-order valence-corrected chi connectivity index (χ4v) is 2.71. The quantitative estimate of drug-likeness (QED) is 0.776. The van der Waals surface area contributed by atoms with E-state index in [-0.39, 0.29) is 11.7 Å². The summed E-state index contributed by atoms with van der Waals surface area (Å²) in [6, 6.07) is 13.8. The lowest BCUT2D eigenvalue weighted by Gasteiger charge is -2.06. The van der Waals surface area contributed by atoms with Crippen molar-refractivity contribution in [2.24, 2.45) is 0 Å². The molecule has 6 heteroatoms. The van der Waals surface area contributed by atoms with Gasteiger partial charge in [-0.25, -0.2) is 9.07 Å². The number of nitrogens with one attached hydrogen (secondary N) is 2. The van der Waals surface area contributed by atoms with Crippen LogP contribution >= 0.6 is 0 Å². The highest BCUT2D eigenvalue weighted by molar-refractivity contribution is 5.99. The fourth-order valence-electron chi connectivity index (χ4n) is 2.71. The number of hydrogen-bond acceptors (Lipinski definition) is 3. The minimum Gasteiger partial charge on any atom is -0.379 e. The van der Waals surface area contributed by atoms with Crippen LogP contribution in [0.4, 0.5) is 10.1 Å². The van der Waals surface area contributed by atoms with Crippen LogP contribution in [-0.4, -0.2) is 15.7 Å². The normalized spacial score (nSPS) is 12.8. The van der Waals surface area contributed by atoms with Gasteiger partial charge in [-0.2, -0.15) is 5.10 Å². The Morgan fingerprint density at radius 2 is 2.00 bits per heavy atom. The number of hydrogen-bond donors (Lipinski definition) is 2. The number of nitrogens with zero attached hydrogens (tertiary/aromatic N) is 2. The summed E-state index contributed by atoms with van der Waals surface area (Å²) >= 11 is 0. The van der Waals surface area contributed by atoms with Crippen molar-refractivity contribution in [1.82, 2.24) is 15.1 Å². The van der Waals surface area contributed by atoms with Crippen molar-refractivity contribution in [3.8, 4) is 5.69 Å². The molecule has 2 aromatic carbocycles. The molecule has 5 nitrogen and oxygen atoms in total. The number of rotatable bonds is 4. The van der Waals surface area contributed by atoms with Crippen LogP contribution in [0.1, 0.15) is 21.6 Å². The lowest BCUT2D eigenvalue weighted by Crippen LogP contribution is -2.12. The van der Waals surface area contributed by atoms with E-state index in [1.165, 1.54) is 12.1 Å². The average molecular weight is 322 g/mol. The predicted molar refractivity (Wildman–Crippen MR) is 88.5 cm³/mol. The zero-order valence-corrected chi connectivity index (χ0v) is 12.8. The van der Waals surface area contributed by atoms with Crippen molar-refractivity contribution in [2.45, 2.75) is 13.1 Å². The Morgan fingerprint density at radius 1 is 1.17 bits per heavy atom. The van der Waals surface area contributed by atoms with E-state index in [2.05, 4.69) is 15.7 Å². The Hall–Kier alpha value is -3.15. The van der Waals surface area contributed by atoms with E-state index in [0.717, 1.165) is 28.2 Å².